The molecular formula is C20H16F3NO2. The van der Waals surface area contributed by atoms with E-state index >= 15 is 0 Å². The highest BCUT2D eigenvalue weighted by molar-refractivity contribution is 5.79. The zero-order chi connectivity index (χ0) is 18.6. The minimum absolute atomic E-state index is 0.159. The molecule has 1 N–H and O–H groups in total. The van der Waals surface area contributed by atoms with Crippen molar-refractivity contribution in [3.05, 3.63) is 95.4 Å². The van der Waals surface area contributed by atoms with Gasteiger partial charge in [0.05, 0.1) is 18.2 Å². The highest BCUT2D eigenvalue weighted by atomic mass is 19.4. The number of carbonyl (C=O) groups is 1. The summed E-state index contributed by atoms with van der Waals surface area (Å²) in [7, 11) is 0. The van der Waals surface area contributed by atoms with E-state index in [1.807, 2.05) is 30.3 Å². The first-order valence-corrected chi connectivity index (χ1v) is 7.97. The van der Waals surface area contributed by atoms with Gasteiger partial charge in [-0.2, -0.15) is 13.2 Å². The van der Waals surface area contributed by atoms with E-state index in [2.05, 4.69) is 5.32 Å². The third-order valence-corrected chi connectivity index (χ3v) is 3.88. The first-order valence-electron chi connectivity index (χ1n) is 7.97. The Morgan fingerprint density at radius 3 is 2.42 bits per heavy atom. The molecule has 3 nitrogen and oxygen atoms in total. The fourth-order valence-corrected chi connectivity index (χ4v) is 2.67. The van der Waals surface area contributed by atoms with Crippen LogP contribution in [0.5, 0.6) is 0 Å². The van der Waals surface area contributed by atoms with Gasteiger partial charge in [0.25, 0.3) is 0 Å². The van der Waals surface area contributed by atoms with Crippen LogP contribution >= 0.6 is 0 Å². The molecule has 2 aromatic carbocycles. The third kappa shape index (κ3) is 4.33. The van der Waals surface area contributed by atoms with Crippen molar-refractivity contribution in [3.8, 4) is 0 Å². The largest absolute Gasteiger partial charge is 0.467 e. The van der Waals surface area contributed by atoms with E-state index in [0.29, 0.717) is 11.3 Å². The second kappa shape index (κ2) is 7.47. The standard InChI is InChI=1S/C20H16F3NO2/c21-20(22,23)16-9-4-6-14(12-16)13-18(25)24-19(17-10-5-11-26-17)15-7-2-1-3-8-15/h1-12,19H,13H2,(H,24,25)/t19-/m0/s1. The maximum atomic E-state index is 12.8. The summed E-state index contributed by atoms with van der Waals surface area (Å²) >= 11 is 0. The highest BCUT2D eigenvalue weighted by Gasteiger charge is 2.30. The van der Waals surface area contributed by atoms with Gasteiger partial charge in [-0.05, 0) is 29.3 Å². The molecule has 0 bridgehead atoms. The minimum atomic E-state index is -4.44. The number of amides is 1. The van der Waals surface area contributed by atoms with E-state index in [0.717, 1.165) is 17.7 Å². The monoisotopic (exact) mass is 359 g/mol. The highest BCUT2D eigenvalue weighted by Crippen LogP contribution is 2.29. The number of hydrogen-bond acceptors (Lipinski definition) is 2. The van der Waals surface area contributed by atoms with Gasteiger partial charge in [-0.15, -0.1) is 0 Å². The lowest BCUT2D eigenvalue weighted by molar-refractivity contribution is -0.137. The molecule has 0 aliphatic heterocycles. The molecule has 1 heterocycles. The first-order chi connectivity index (χ1) is 12.4. The Kier molecular flexibility index (Phi) is 5.11. The zero-order valence-electron chi connectivity index (χ0n) is 13.7. The lowest BCUT2D eigenvalue weighted by Gasteiger charge is -2.17. The van der Waals surface area contributed by atoms with Gasteiger partial charge in [0.15, 0.2) is 0 Å². The fraction of sp³-hybridized carbons (Fsp3) is 0.150. The van der Waals surface area contributed by atoms with Gasteiger partial charge >= 0.3 is 6.18 Å². The Hall–Kier alpha value is -3.02. The zero-order valence-corrected chi connectivity index (χ0v) is 13.7. The number of alkyl halides is 3. The molecule has 0 saturated carbocycles. The van der Waals surface area contributed by atoms with Gasteiger partial charge in [0, 0.05) is 0 Å². The van der Waals surface area contributed by atoms with Crippen molar-refractivity contribution < 1.29 is 22.4 Å². The molecule has 0 saturated heterocycles. The van der Waals surface area contributed by atoms with Gasteiger partial charge in [-0.1, -0.05) is 48.5 Å². The SMILES string of the molecule is O=C(Cc1cccc(C(F)(F)F)c1)N[C@@H](c1ccccc1)c1ccco1. The summed E-state index contributed by atoms with van der Waals surface area (Å²) in [6.07, 6.45) is -3.09. The first kappa shape index (κ1) is 17.8. The van der Waals surface area contributed by atoms with E-state index in [4.69, 9.17) is 4.42 Å². The summed E-state index contributed by atoms with van der Waals surface area (Å²) in [4.78, 5) is 12.4. The van der Waals surface area contributed by atoms with Gasteiger partial charge in [0.2, 0.25) is 5.91 Å². The molecule has 0 aliphatic carbocycles. The minimum Gasteiger partial charge on any atom is -0.467 e. The molecule has 26 heavy (non-hydrogen) atoms. The van der Waals surface area contributed by atoms with Crippen molar-refractivity contribution in [3.63, 3.8) is 0 Å². The van der Waals surface area contributed by atoms with Gasteiger partial charge < -0.3 is 9.73 Å². The van der Waals surface area contributed by atoms with E-state index in [-0.39, 0.29) is 6.42 Å². The van der Waals surface area contributed by atoms with E-state index in [9.17, 15) is 18.0 Å². The molecule has 0 radical (unpaired) electrons. The lowest BCUT2D eigenvalue weighted by atomic mass is 10.0. The van der Waals surface area contributed by atoms with Crippen LogP contribution in [0.15, 0.2) is 77.4 Å². The number of hydrogen-bond donors (Lipinski definition) is 1. The van der Waals surface area contributed by atoms with Crippen LogP contribution in [-0.2, 0) is 17.4 Å². The molecule has 6 heteroatoms. The van der Waals surface area contributed by atoms with Crippen LogP contribution in [0.25, 0.3) is 0 Å². The summed E-state index contributed by atoms with van der Waals surface area (Å²) in [5.41, 5.74) is 0.344. The predicted molar refractivity (Wildman–Crippen MR) is 90.3 cm³/mol. The summed E-state index contributed by atoms with van der Waals surface area (Å²) in [5.74, 6) is 0.156. The van der Waals surface area contributed by atoms with Crippen LogP contribution in [0, 0.1) is 0 Å². The van der Waals surface area contributed by atoms with Crippen LogP contribution in [0.1, 0.15) is 28.5 Å². The molecule has 134 valence electrons. The van der Waals surface area contributed by atoms with E-state index in [1.54, 1.807) is 12.1 Å². The maximum Gasteiger partial charge on any atom is 0.416 e. The summed E-state index contributed by atoms with van der Waals surface area (Å²) in [6.45, 7) is 0. The lowest BCUT2D eigenvalue weighted by Crippen LogP contribution is -2.30. The molecule has 3 rings (SSSR count). The average Bonchev–Trinajstić information content (AvgIpc) is 3.14. The van der Waals surface area contributed by atoms with Gasteiger partial charge in [-0.3, -0.25) is 4.79 Å². The quantitative estimate of drug-likeness (QED) is 0.715. The molecule has 1 amide bonds. The number of nitrogens with one attached hydrogen (secondary N) is 1. The van der Waals surface area contributed by atoms with Crippen molar-refractivity contribution in [2.75, 3.05) is 0 Å². The van der Waals surface area contributed by atoms with Crippen LogP contribution in [0.3, 0.4) is 0 Å². The summed E-state index contributed by atoms with van der Waals surface area (Å²) in [5, 5.41) is 2.83. The number of rotatable bonds is 5. The second-order valence-corrected chi connectivity index (χ2v) is 5.80. The maximum absolute atomic E-state index is 12.8. The van der Waals surface area contributed by atoms with Crippen molar-refractivity contribution in [1.82, 2.24) is 5.32 Å². The summed E-state index contributed by atoms with van der Waals surface area (Å²) in [6, 6.07) is 16.9. The van der Waals surface area contributed by atoms with Crippen LogP contribution in [-0.4, -0.2) is 5.91 Å². The van der Waals surface area contributed by atoms with E-state index < -0.39 is 23.7 Å². The smallest absolute Gasteiger partial charge is 0.416 e. The molecule has 3 aromatic rings. The van der Waals surface area contributed by atoms with Crippen molar-refractivity contribution in [2.45, 2.75) is 18.6 Å². The molecule has 0 fully saturated rings. The number of halogens is 3. The Bertz CT molecular complexity index is 858. The Labute approximate surface area is 148 Å². The van der Waals surface area contributed by atoms with Gasteiger partial charge in [0.1, 0.15) is 11.8 Å². The van der Waals surface area contributed by atoms with Crippen molar-refractivity contribution in [2.24, 2.45) is 0 Å². The number of carbonyl (C=O) groups excluding carboxylic acids is 1. The fourth-order valence-electron chi connectivity index (χ4n) is 2.67. The predicted octanol–water partition coefficient (Wildman–Crippen LogP) is 4.75. The Morgan fingerprint density at radius 2 is 1.77 bits per heavy atom. The summed E-state index contributed by atoms with van der Waals surface area (Å²) < 4.78 is 43.8. The second-order valence-electron chi connectivity index (χ2n) is 5.80. The molecule has 0 aliphatic rings. The van der Waals surface area contributed by atoms with Crippen LogP contribution < -0.4 is 5.32 Å². The molecular weight excluding hydrogens is 343 g/mol. The molecule has 1 atom stereocenters. The number of furan rings is 1. The van der Waals surface area contributed by atoms with Crippen molar-refractivity contribution >= 4 is 5.91 Å². The Balaban J connectivity index is 1.77. The average molecular weight is 359 g/mol. The molecule has 1 aromatic heterocycles. The number of benzene rings is 2. The van der Waals surface area contributed by atoms with Crippen LogP contribution in [0.4, 0.5) is 13.2 Å². The molecule has 0 spiro atoms. The normalized spacial score (nSPS) is 12.6. The topological polar surface area (TPSA) is 42.2 Å². The molecule has 0 unspecified atom stereocenters. The Morgan fingerprint density at radius 1 is 1.00 bits per heavy atom. The van der Waals surface area contributed by atoms with Gasteiger partial charge in [-0.25, -0.2) is 0 Å². The van der Waals surface area contributed by atoms with E-state index in [1.165, 1.54) is 18.4 Å². The third-order valence-electron chi connectivity index (χ3n) is 3.88. The van der Waals surface area contributed by atoms with Crippen molar-refractivity contribution in [1.29, 1.82) is 0 Å². The van der Waals surface area contributed by atoms with Crippen LogP contribution in [0.2, 0.25) is 0 Å².